The molecule has 2 aromatic rings. The van der Waals surface area contributed by atoms with Gasteiger partial charge < -0.3 is 14.9 Å². The Morgan fingerprint density at radius 3 is 1.47 bits per heavy atom. The Morgan fingerprint density at radius 1 is 0.842 bits per heavy atom. The third kappa shape index (κ3) is 2.42. The van der Waals surface area contributed by atoms with Gasteiger partial charge in [0.05, 0.1) is 0 Å². The van der Waals surface area contributed by atoms with E-state index >= 15 is 0 Å². The Balaban J connectivity index is 2.53. The number of hydrogen-bond acceptors (Lipinski definition) is 3. The monoisotopic (exact) mass is 258 g/mol. The summed E-state index contributed by atoms with van der Waals surface area (Å²) in [4.78, 5) is 0. The molecule has 0 bridgehead atoms. The zero-order valence-corrected chi connectivity index (χ0v) is 11.1. The number of methoxy groups -OCH3 is 1. The average molecular weight is 258 g/mol. The van der Waals surface area contributed by atoms with Gasteiger partial charge in [-0.05, 0) is 41.8 Å². The van der Waals surface area contributed by atoms with Crippen LogP contribution in [0.5, 0.6) is 11.5 Å². The molecule has 0 spiro atoms. The second-order valence-electron chi connectivity index (χ2n) is 4.48. The van der Waals surface area contributed by atoms with E-state index in [0.29, 0.717) is 0 Å². The van der Waals surface area contributed by atoms with Gasteiger partial charge in [-0.15, -0.1) is 0 Å². The summed E-state index contributed by atoms with van der Waals surface area (Å²) < 4.78 is 5.78. The summed E-state index contributed by atoms with van der Waals surface area (Å²) in [5, 5.41) is 18.8. The van der Waals surface area contributed by atoms with Gasteiger partial charge in [0.1, 0.15) is 17.1 Å². The summed E-state index contributed by atoms with van der Waals surface area (Å²) in [7, 11) is 1.67. The third-order valence-electron chi connectivity index (χ3n) is 3.51. The summed E-state index contributed by atoms with van der Waals surface area (Å²) in [5.41, 5.74) is 1.38. The van der Waals surface area contributed by atoms with E-state index in [1.807, 2.05) is 31.2 Å². The summed E-state index contributed by atoms with van der Waals surface area (Å²) >= 11 is 0. The maximum Gasteiger partial charge on any atom is 0.117 e. The van der Waals surface area contributed by atoms with Crippen LogP contribution in [0.2, 0.25) is 0 Å². The number of ether oxygens (including phenoxy) is 1. The van der Waals surface area contributed by atoms with E-state index in [2.05, 4.69) is 0 Å². The first-order valence-electron chi connectivity index (χ1n) is 6.26. The number of rotatable bonds is 4. The first-order chi connectivity index (χ1) is 9.12. The van der Waals surface area contributed by atoms with Gasteiger partial charge in [-0.25, -0.2) is 0 Å². The van der Waals surface area contributed by atoms with E-state index in [-0.39, 0.29) is 11.5 Å². The summed E-state index contributed by atoms with van der Waals surface area (Å²) in [5.74, 6) is 0.464. The van der Waals surface area contributed by atoms with Crippen molar-refractivity contribution in [3.8, 4) is 11.5 Å². The Hall–Kier alpha value is -2.00. The molecule has 3 heteroatoms. The lowest BCUT2D eigenvalue weighted by Crippen LogP contribution is -2.29. The lowest BCUT2D eigenvalue weighted by Gasteiger charge is -2.32. The van der Waals surface area contributed by atoms with Gasteiger partial charge in [-0.1, -0.05) is 31.2 Å². The number of phenolic OH excluding ortho intramolecular Hbond substituents is 2. The molecule has 0 heterocycles. The largest absolute Gasteiger partial charge is 0.508 e. The second-order valence-corrected chi connectivity index (χ2v) is 4.48. The van der Waals surface area contributed by atoms with Crippen LogP contribution in [-0.2, 0) is 10.3 Å². The van der Waals surface area contributed by atoms with Crippen LogP contribution in [0.4, 0.5) is 0 Å². The molecule has 2 rings (SSSR count). The molecule has 0 amide bonds. The van der Waals surface area contributed by atoms with Gasteiger partial charge in [0.25, 0.3) is 0 Å². The molecule has 2 aromatic carbocycles. The van der Waals surface area contributed by atoms with Crippen LogP contribution in [0.1, 0.15) is 24.5 Å². The molecule has 0 atom stereocenters. The van der Waals surface area contributed by atoms with Gasteiger partial charge in [0.15, 0.2) is 0 Å². The smallest absolute Gasteiger partial charge is 0.117 e. The van der Waals surface area contributed by atoms with Crippen LogP contribution in [0.25, 0.3) is 0 Å². The molecule has 0 aromatic heterocycles. The van der Waals surface area contributed by atoms with Crippen molar-refractivity contribution >= 4 is 0 Å². The lowest BCUT2D eigenvalue weighted by atomic mass is 9.84. The molecule has 0 aliphatic carbocycles. The number of benzene rings is 2. The normalized spacial score (nSPS) is 11.5. The quantitative estimate of drug-likeness (QED) is 0.883. The second kappa shape index (κ2) is 5.33. The molecule has 0 saturated carbocycles. The minimum Gasteiger partial charge on any atom is -0.508 e. The maximum absolute atomic E-state index is 9.40. The highest BCUT2D eigenvalue weighted by atomic mass is 16.5. The highest BCUT2D eigenvalue weighted by Gasteiger charge is 2.32. The highest BCUT2D eigenvalue weighted by Crippen LogP contribution is 2.37. The molecular weight excluding hydrogens is 240 g/mol. The fraction of sp³-hybridized carbons (Fsp3) is 0.250. The zero-order chi connectivity index (χ0) is 13.9. The zero-order valence-electron chi connectivity index (χ0n) is 11.1. The number of aromatic hydroxyl groups is 2. The first kappa shape index (κ1) is 13.4. The molecule has 0 fully saturated rings. The number of phenols is 2. The van der Waals surface area contributed by atoms with Gasteiger partial charge in [-0.2, -0.15) is 0 Å². The first-order valence-corrected chi connectivity index (χ1v) is 6.26. The highest BCUT2D eigenvalue weighted by molar-refractivity contribution is 5.40. The van der Waals surface area contributed by atoms with E-state index in [9.17, 15) is 10.2 Å². The SMILES string of the molecule is CCC(OC)(c1ccc(O)cc1)c1ccc(O)cc1. The Kier molecular flexibility index (Phi) is 3.76. The summed E-state index contributed by atoms with van der Waals surface area (Å²) in [6, 6.07) is 14.0. The van der Waals surface area contributed by atoms with E-state index in [4.69, 9.17) is 4.74 Å². The number of hydrogen-bond donors (Lipinski definition) is 2. The summed E-state index contributed by atoms with van der Waals surface area (Å²) in [6.45, 7) is 2.04. The molecule has 0 unspecified atom stereocenters. The molecule has 3 nitrogen and oxygen atoms in total. The molecule has 2 N–H and O–H groups in total. The van der Waals surface area contributed by atoms with E-state index < -0.39 is 5.60 Å². The van der Waals surface area contributed by atoms with Crippen molar-refractivity contribution in [2.75, 3.05) is 7.11 Å². The Labute approximate surface area is 113 Å². The topological polar surface area (TPSA) is 49.7 Å². The lowest BCUT2D eigenvalue weighted by molar-refractivity contribution is 0.0185. The van der Waals surface area contributed by atoms with Crippen molar-refractivity contribution in [2.24, 2.45) is 0 Å². The van der Waals surface area contributed by atoms with Crippen molar-refractivity contribution in [3.63, 3.8) is 0 Å². The fourth-order valence-electron chi connectivity index (χ4n) is 2.42. The Bertz CT molecular complexity index is 477. The van der Waals surface area contributed by atoms with Gasteiger partial charge in [-0.3, -0.25) is 0 Å². The van der Waals surface area contributed by atoms with Gasteiger partial charge in [0.2, 0.25) is 0 Å². The van der Waals surface area contributed by atoms with Gasteiger partial charge in [0, 0.05) is 7.11 Å². The van der Waals surface area contributed by atoms with Crippen molar-refractivity contribution < 1.29 is 14.9 Å². The van der Waals surface area contributed by atoms with Crippen LogP contribution in [0.15, 0.2) is 48.5 Å². The third-order valence-corrected chi connectivity index (χ3v) is 3.51. The average Bonchev–Trinajstić information content (AvgIpc) is 2.44. The van der Waals surface area contributed by atoms with Crippen LogP contribution in [0, 0.1) is 0 Å². The molecule has 0 saturated heterocycles. The van der Waals surface area contributed by atoms with Crippen LogP contribution in [-0.4, -0.2) is 17.3 Å². The molecule has 0 radical (unpaired) electrons. The Morgan fingerprint density at radius 2 is 1.21 bits per heavy atom. The van der Waals surface area contributed by atoms with Crippen LogP contribution in [0.3, 0.4) is 0 Å². The molecule has 0 aliphatic rings. The van der Waals surface area contributed by atoms with Crippen molar-refractivity contribution in [1.29, 1.82) is 0 Å². The van der Waals surface area contributed by atoms with E-state index in [1.165, 1.54) is 0 Å². The van der Waals surface area contributed by atoms with Crippen LogP contribution >= 0.6 is 0 Å². The fourth-order valence-corrected chi connectivity index (χ4v) is 2.42. The molecular formula is C16H18O3. The van der Waals surface area contributed by atoms with Crippen molar-refractivity contribution in [1.82, 2.24) is 0 Å². The minimum absolute atomic E-state index is 0.232. The molecule has 100 valence electrons. The standard InChI is InChI=1S/C16H18O3/c1-3-16(19-2,12-4-8-14(17)9-5-12)13-6-10-15(18)11-7-13/h4-11,17-18H,3H2,1-2H3. The van der Waals surface area contributed by atoms with Crippen molar-refractivity contribution in [2.45, 2.75) is 18.9 Å². The van der Waals surface area contributed by atoms with Crippen molar-refractivity contribution in [3.05, 3.63) is 59.7 Å². The van der Waals surface area contributed by atoms with Crippen LogP contribution < -0.4 is 0 Å². The molecule has 19 heavy (non-hydrogen) atoms. The predicted octanol–water partition coefficient (Wildman–Crippen LogP) is 3.40. The van der Waals surface area contributed by atoms with Gasteiger partial charge >= 0.3 is 0 Å². The van der Waals surface area contributed by atoms with E-state index in [1.54, 1.807) is 31.4 Å². The molecule has 0 aliphatic heterocycles. The summed E-state index contributed by atoms with van der Waals surface area (Å²) in [6.07, 6.45) is 0.749. The van der Waals surface area contributed by atoms with E-state index in [0.717, 1.165) is 17.5 Å². The minimum atomic E-state index is -0.568. The maximum atomic E-state index is 9.40. The predicted molar refractivity (Wildman–Crippen MR) is 74.3 cm³/mol.